The Bertz CT molecular complexity index is 825. The van der Waals surface area contributed by atoms with Crippen LogP contribution in [0.2, 0.25) is 0 Å². The Labute approximate surface area is 158 Å². The van der Waals surface area contributed by atoms with Crippen molar-refractivity contribution >= 4 is 21.6 Å². The van der Waals surface area contributed by atoms with Crippen LogP contribution in [0.25, 0.3) is 0 Å². The molecule has 136 valence electrons. The van der Waals surface area contributed by atoms with Crippen LogP contribution in [0.15, 0.2) is 71.0 Å². The maximum Gasteiger partial charge on any atom is 0.184 e. The van der Waals surface area contributed by atoms with Gasteiger partial charge in [-0.25, -0.2) is 0 Å². The van der Waals surface area contributed by atoms with Crippen molar-refractivity contribution in [3.05, 3.63) is 71.0 Å². The summed E-state index contributed by atoms with van der Waals surface area (Å²) in [6.45, 7) is 0. The normalized spacial score (nSPS) is 32.3. The standard InChI is InChI=1S/C22H26N2OS/c1-23-16-26(22-13-6-5-12-21(22)23)15-19(25)10-7-9-18-14-17-8-3-4-11-20(17)24(18)2/h3-7,9-11,13,15,17,21H,8,12,14,16H2,1-2H3. The second kappa shape index (κ2) is 7.37. The van der Waals surface area contributed by atoms with E-state index in [1.807, 2.05) is 11.4 Å². The minimum Gasteiger partial charge on any atom is -0.351 e. The van der Waals surface area contributed by atoms with Gasteiger partial charge in [0.1, 0.15) is 0 Å². The molecule has 2 fully saturated rings. The van der Waals surface area contributed by atoms with Crippen LogP contribution >= 0.6 is 10.5 Å². The van der Waals surface area contributed by atoms with Crippen molar-refractivity contribution in [1.82, 2.24) is 9.80 Å². The van der Waals surface area contributed by atoms with Gasteiger partial charge in [-0.2, -0.15) is 0 Å². The number of hydrogen-bond donors (Lipinski definition) is 0. The fourth-order valence-electron chi connectivity index (χ4n) is 4.15. The first kappa shape index (κ1) is 17.5. The number of carbonyl (C=O) groups excluding carboxylic acids is 1. The molecule has 0 bridgehead atoms. The zero-order valence-electron chi connectivity index (χ0n) is 15.5. The molecule has 4 aliphatic rings. The Morgan fingerprint density at radius 2 is 2.00 bits per heavy atom. The summed E-state index contributed by atoms with van der Waals surface area (Å²) in [7, 11) is 4.22. The first-order chi connectivity index (χ1) is 12.6. The van der Waals surface area contributed by atoms with Gasteiger partial charge in [-0.1, -0.05) is 36.5 Å². The molecule has 0 saturated carbocycles. The number of carbonyl (C=O) groups is 1. The van der Waals surface area contributed by atoms with Crippen molar-refractivity contribution in [1.29, 1.82) is 0 Å². The zero-order valence-corrected chi connectivity index (χ0v) is 16.3. The molecule has 4 rings (SSSR count). The molecule has 0 N–H and O–H groups in total. The second-order valence-corrected chi connectivity index (χ2v) is 9.14. The van der Waals surface area contributed by atoms with Gasteiger partial charge in [0.05, 0.1) is 0 Å². The molecule has 0 aromatic heterocycles. The summed E-state index contributed by atoms with van der Waals surface area (Å²) < 4.78 is 0. The minimum absolute atomic E-state index is 0.0609. The van der Waals surface area contributed by atoms with Crippen molar-refractivity contribution in [2.75, 3.05) is 20.0 Å². The van der Waals surface area contributed by atoms with E-state index in [-0.39, 0.29) is 16.3 Å². The summed E-state index contributed by atoms with van der Waals surface area (Å²) in [6, 6.07) is 0.482. The smallest absolute Gasteiger partial charge is 0.184 e. The Morgan fingerprint density at radius 1 is 1.19 bits per heavy atom. The lowest BCUT2D eigenvalue weighted by atomic mass is 9.96. The summed E-state index contributed by atoms with van der Waals surface area (Å²) in [5.74, 6) is 1.68. The number of hydrogen-bond acceptors (Lipinski definition) is 3. The van der Waals surface area contributed by atoms with Crippen LogP contribution in [0.4, 0.5) is 0 Å². The largest absolute Gasteiger partial charge is 0.351 e. The van der Waals surface area contributed by atoms with Gasteiger partial charge in [-0.05, 0) is 49.4 Å². The molecule has 0 spiro atoms. The van der Waals surface area contributed by atoms with Crippen molar-refractivity contribution in [2.45, 2.75) is 25.3 Å². The van der Waals surface area contributed by atoms with Crippen LogP contribution in [0.1, 0.15) is 19.3 Å². The third-order valence-corrected chi connectivity index (χ3v) is 7.80. The lowest BCUT2D eigenvalue weighted by Crippen LogP contribution is -2.25. The number of rotatable bonds is 3. The zero-order chi connectivity index (χ0) is 18.1. The predicted molar refractivity (Wildman–Crippen MR) is 112 cm³/mol. The van der Waals surface area contributed by atoms with Crippen molar-refractivity contribution in [3.63, 3.8) is 0 Å². The van der Waals surface area contributed by atoms with E-state index in [9.17, 15) is 4.79 Å². The van der Waals surface area contributed by atoms with Gasteiger partial charge < -0.3 is 4.90 Å². The lowest BCUT2D eigenvalue weighted by molar-refractivity contribution is -0.108. The van der Waals surface area contributed by atoms with Crippen LogP contribution in [0, 0.1) is 5.92 Å². The number of likely N-dealkylation sites (N-methyl/N-ethyl adjacent to an activating group) is 1. The van der Waals surface area contributed by atoms with Crippen LogP contribution < -0.4 is 0 Å². The monoisotopic (exact) mass is 366 g/mol. The summed E-state index contributed by atoms with van der Waals surface area (Å²) in [5, 5.41) is 1.92. The van der Waals surface area contributed by atoms with Gasteiger partial charge >= 0.3 is 0 Å². The predicted octanol–water partition coefficient (Wildman–Crippen LogP) is 3.98. The highest BCUT2D eigenvalue weighted by Gasteiger charge is 2.30. The van der Waals surface area contributed by atoms with E-state index in [0.29, 0.717) is 12.0 Å². The second-order valence-electron chi connectivity index (χ2n) is 7.32. The highest BCUT2D eigenvalue weighted by molar-refractivity contribution is 8.19. The molecule has 0 radical (unpaired) electrons. The third kappa shape index (κ3) is 3.36. The molecule has 2 aliphatic carbocycles. The van der Waals surface area contributed by atoms with E-state index < -0.39 is 0 Å². The molecule has 2 heterocycles. The van der Waals surface area contributed by atoms with E-state index in [1.54, 1.807) is 6.08 Å². The molecule has 2 aliphatic heterocycles. The number of nitrogens with zero attached hydrogens (tertiary/aromatic N) is 2. The lowest BCUT2D eigenvalue weighted by Gasteiger charge is -2.19. The van der Waals surface area contributed by atoms with Gasteiger partial charge in [0, 0.05) is 41.6 Å². The summed E-state index contributed by atoms with van der Waals surface area (Å²) in [5.41, 5.74) is 2.68. The maximum absolute atomic E-state index is 12.4. The molecule has 26 heavy (non-hydrogen) atoms. The quantitative estimate of drug-likeness (QED) is 0.558. The van der Waals surface area contributed by atoms with Gasteiger partial charge in [0.15, 0.2) is 5.78 Å². The van der Waals surface area contributed by atoms with E-state index in [1.165, 1.54) is 16.3 Å². The fraction of sp³-hybridized carbons (Fsp3) is 0.364. The van der Waals surface area contributed by atoms with Crippen molar-refractivity contribution in [3.8, 4) is 0 Å². The molecule has 3 nitrogen and oxygen atoms in total. The fourth-order valence-corrected chi connectivity index (χ4v) is 6.37. The Morgan fingerprint density at radius 3 is 2.85 bits per heavy atom. The molecule has 3 unspecified atom stereocenters. The minimum atomic E-state index is -0.0609. The molecule has 0 amide bonds. The molecule has 0 aromatic rings. The topological polar surface area (TPSA) is 23.6 Å². The number of fused-ring (bicyclic) bond motifs is 2. The molecular formula is C22H26N2OS. The van der Waals surface area contributed by atoms with Crippen molar-refractivity contribution in [2.24, 2.45) is 5.92 Å². The number of ketones is 1. The average molecular weight is 367 g/mol. The molecule has 4 heteroatoms. The Hall–Kier alpha value is -1.91. The number of likely N-dealkylation sites (tertiary alicyclic amines) is 1. The highest BCUT2D eigenvalue weighted by atomic mass is 32.2. The van der Waals surface area contributed by atoms with E-state index in [0.717, 1.165) is 25.1 Å². The Kier molecular flexibility index (Phi) is 4.96. The van der Waals surface area contributed by atoms with Crippen LogP contribution in [0.3, 0.4) is 0 Å². The number of allylic oxidation sites excluding steroid dienone is 10. The first-order valence-corrected chi connectivity index (χ1v) is 10.7. The Balaban J connectivity index is 1.44. The summed E-state index contributed by atoms with van der Waals surface area (Å²) in [4.78, 5) is 18.5. The van der Waals surface area contributed by atoms with Crippen LogP contribution in [0.5, 0.6) is 0 Å². The van der Waals surface area contributed by atoms with E-state index in [2.05, 4.69) is 66.4 Å². The molecule has 2 saturated heterocycles. The maximum atomic E-state index is 12.4. The average Bonchev–Trinajstić information content (AvgIpc) is 3.13. The third-order valence-electron chi connectivity index (χ3n) is 5.58. The first-order valence-electron chi connectivity index (χ1n) is 9.26. The molecular weight excluding hydrogens is 340 g/mol. The van der Waals surface area contributed by atoms with Gasteiger partial charge in [0.25, 0.3) is 0 Å². The van der Waals surface area contributed by atoms with E-state index in [4.69, 9.17) is 0 Å². The summed E-state index contributed by atoms with van der Waals surface area (Å²) >= 11 is 0. The summed E-state index contributed by atoms with van der Waals surface area (Å²) in [6.07, 6.45) is 22.1. The van der Waals surface area contributed by atoms with Gasteiger partial charge in [-0.15, -0.1) is 10.5 Å². The van der Waals surface area contributed by atoms with Gasteiger partial charge in [0.2, 0.25) is 0 Å². The molecule has 0 aromatic carbocycles. The van der Waals surface area contributed by atoms with Crippen LogP contribution in [-0.2, 0) is 4.79 Å². The van der Waals surface area contributed by atoms with Gasteiger partial charge in [-0.3, -0.25) is 9.69 Å². The molecule has 3 atom stereocenters. The van der Waals surface area contributed by atoms with E-state index >= 15 is 0 Å². The van der Waals surface area contributed by atoms with Crippen LogP contribution in [-0.4, -0.2) is 47.0 Å². The SMILES string of the molecule is CN1C(=CC=CC(=O)C=S2CN(C)C3CC=CC=C32)CC2CC=CC=C21. The highest BCUT2D eigenvalue weighted by Crippen LogP contribution is 2.41. The van der Waals surface area contributed by atoms with Crippen molar-refractivity contribution < 1.29 is 4.79 Å².